The maximum absolute atomic E-state index is 11.8. The van der Waals surface area contributed by atoms with Crippen molar-refractivity contribution in [1.82, 2.24) is 10.4 Å². The Hall–Kier alpha value is -2.95. The van der Waals surface area contributed by atoms with E-state index in [9.17, 15) is 4.79 Å². The van der Waals surface area contributed by atoms with Gasteiger partial charge in [0.25, 0.3) is 5.91 Å². The van der Waals surface area contributed by atoms with Crippen molar-refractivity contribution in [2.45, 2.75) is 6.92 Å². The Bertz CT molecular complexity index is 774. The highest BCUT2D eigenvalue weighted by molar-refractivity contribution is 6.01. The van der Waals surface area contributed by atoms with Gasteiger partial charge in [-0.2, -0.15) is 5.10 Å². The Balaban J connectivity index is 1.78. The molecule has 1 N–H and O–H groups in total. The van der Waals surface area contributed by atoms with E-state index < -0.39 is 0 Å². The van der Waals surface area contributed by atoms with Gasteiger partial charge in [-0.15, -0.1) is 0 Å². The number of carbonyl (C=O) groups is 1. The van der Waals surface area contributed by atoms with E-state index in [1.54, 1.807) is 31.3 Å². The fraction of sp³-hybridized carbons (Fsp3) is 0.0625. The number of hydrogen-bond donors (Lipinski definition) is 1. The predicted octanol–water partition coefficient (Wildman–Crippen LogP) is 2.98. The number of pyridine rings is 1. The molecular weight excluding hydrogens is 266 g/mol. The normalized spacial score (nSPS) is 11.6. The number of furan rings is 1. The van der Waals surface area contributed by atoms with E-state index in [1.165, 1.54) is 0 Å². The Morgan fingerprint density at radius 2 is 2.00 bits per heavy atom. The number of para-hydroxylation sites is 1. The van der Waals surface area contributed by atoms with Gasteiger partial charge in [0, 0.05) is 11.6 Å². The number of nitrogens with one attached hydrogen (secondary N) is 1. The Morgan fingerprint density at radius 1 is 1.19 bits per heavy atom. The van der Waals surface area contributed by atoms with Gasteiger partial charge < -0.3 is 4.42 Å². The Kier molecular flexibility index (Phi) is 3.47. The van der Waals surface area contributed by atoms with E-state index in [1.807, 2.05) is 30.3 Å². The second-order valence-electron chi connectivity index (χ2n) is 4.50. The van der Waals surface area contributed by atoms with Crippen molar-refractivity contribution in [3.63, 3.8) is 0 Å². The van der Waals surface area contributed by atoms with Crippen LogP contribution in [-0.4, -0.2) is 16.6 Å². The van der Waals surface area contributed by atoms with Gasteiger partial charge in [0.2, 0.25) is 0 Å². The van der Waals surface area contributed by atoms with Crippen LogP contribution in [0.15, 0.2) is 64.2 Å². The quantitative estimate of drug-likeness (QED) is 0.592. The molecule has 0 radical (unpaired) electrons. The molecule has 0 bridgehead atoms. The maximum Gasteiger partial charge on any atom is 0.289 e. The molecule has 0 atom stereocenters. The van der Waals surface area contributed by atoms with Gasteiger partial charge >= 0.3 is 0 Å². The van der Waals surface area contributed by atoms with E-state index in [2.05, 4.69) is 15.5 Å². The Labute approximate surface area is 121 Å². The van der Waals surface area contributed by atoms with Crippen molar-refractivity contribution in [1.29, 1.82) is 0 Å². The SMILES string of the molecule is C/C(=N/NC(=O)c1ccccn1)c1cc2ccccc2o1. The number of fused-ring (bicyclic) bond motifs is 1. The summed E-state index contributed by atoms with van der Waals surface area (Å²) in [4.78, 5) is 15.8. The minimum absolute atomic E-state index is 0.318. The number of aromatic nitrogens is 1. The van der Waals surface area contributed by atoms with Crippen LogP contribution < -0.4 is 5.43 Å². The van der Waals surface area contributed by atoms with Gasteiger partial charge in [-0.3, -0.25) is 9.78 Å². The first-order valence-electron chi connectivity index (χ1n) is 6.48. The second kappa shape index (κ2) is 5.58. The van der Waals surface area contributed by atoms with Crippen LogP contribution >= 0.6 is 0 Å². The van der Waals surface area contributed by atoms with Crippen LogP contribution in [0.1, 0.15) is 23.2 Å². The number of carbonyl (C=O) groups excluding carboxylic acids is 1. The molecule has 5 heteroatoms. The molecular formula is C16H13N3O2. The van der Waals surface area contributed by atoms with Crippen molar-refractivity contribution in [2.75, 3.05) is 0 Å². The summed E-state index contributed by atoms with van der Waals surface area (Å²) in [5.74, 6) is 0.267. The molecule has 1 amide bonds. The molecule has 1 aromatic carbocycles. The van der Waals surface area contributed by atoms with E-state index in [-0.39, 0.29) is 5.91 Å². The van der Waals surface area contributed by atoms with Gasteiger partial charge in [-0.05, 0) is 31.2 Å². The molecule has 104 valence electrons. The average molecular weight is 279 g/mol. The highest BCUT2D eigenvalue weighted by Gasteiger charge is 2.08. The van der Waals surface area contributed by atoms with Crippen LogP contribution in [0.5, 0.6) is 0 Å². The molecule has 0 aliphatic rings. The molecule has 2 heterocycles. The number of hydrazone groups is 1. The van der Waals surface area contributed by atoms with Crippen LogP contribution in [0.3, 0.4) is 0 Å². The van der Waals surface area contributed by atoms with E-state index in [0.29, 0.717) is 17.2 Å². The molecule has 3 rings (SSSR count). The lowest BCUT2D eigenvalue weighted by molar-refractivity contribution is 0.0950. The first-order valence-corrected chi connectivity index (χ1v) is 6.48. The summed E-state index contributed by atoms with van der Waals surface area (Å²) in [5.41, 5.74) is 4.17. The molecule has 5 nitrogen and oxygen atoms in total. The van der Waals surface area contributed by atoms with E-state index >= 15 is 0 Å². The summed E-state index contributed by atoms with van der Waals surface area (Å²) in [6.45, 7) is 1.77. The van der Waals surface area contributed by atoms with Crippen LogP contribution in [0, 0.1) is 0 Å². The molecule has 2 aromatic heterocycles. The van der Waals surface area contributed by atoms with E-state index in [4.69, 9.17) is 4.42 Å². The van der Waals surface area contributed by atoms with Gasteiger partial charge in [0.05, 0.1) is 0 Å². The van der Waals surface area contributed by atoms with Crippen LogP contribution in [0.2, 0.25) is 0 Å². The van der Waals surface area contributed by atoms with Crippen LogP contribution in [0.25, 0.3) is 11.0 Å². The summed E-state index contributed by atoms with van der Waals surface area (Å²) < 4.78 is 5.67. The number of nitrogens with zero attached hydrogens (tertiary/aromatic N) is 2. The minimum atomic E-state index is -0.355. The van der Waals surface area contributed by atoms with Crippen LogP contribution in [0.4, 0.5) is 0 Å². The topological polar surface area (TPSA) is 67.5 Å². The summed E-state index contributed by atoms with van der Waals surface area (Å²) in [6, 6.07) is 14.7. The zero-order chi connectivity index (χ0) is 14.7. The average Bonchev–Trinajstić information content (AvgIpc) is 2.97. The lowest BCUT2D eigenvalue weighted by Crippen LogP contribution is -2.20. The maximum atomic E-state index is 11.8. The zero-order valence-electron chi connectivity index (χ0n) is 11.4. The molecule has 0 fully saturated rings. The van der Waals surface area contributed by atoms with Crippen molar-refractivity contribution < 1.29 is 9.21 Å². The smallest absolute Gasteiger partial charge is 0.289 e. The second-order valence-corrected chi connectivity index (χ2v) is 4.50. The molecule has 0 aliphatic carbocycles. The van der Waals surface area contributed by atoms with Crippen LogP contribution in [-0.2, 0) is 0 Å². The van der Waals surface area contributed by atoms with Crippen molar-refractivity contribution in [3.05, 3.63) is 66.2 Å². The molecule has 0 spiro atoms. The first kappa shape index (κ1) is 13.1. The monoisotopic (exact) mass is 279 g/mol. The molecule has 21 heavy (non-hydrogen) atoms. The van der Waals surface area contributed by atoms with Crippen molar-refractivity contribution >= 4 is 22.6 Å². The third kappa shape index (κ3) is 2.81. The largest absolute Gasteiger partial charge is 0.455 e. The summed E-state index contributed by atoms with van der Waals surface area (Å²) in [7, 11) is 0. The molecule has 0 aliphatic heterocycles. The van der Waals surface area contributed by atoms with Gasteiger partial charge in [0.1, 0.15) is 17.0 Å². The molecule has 0 saturated heterocycles. The number of rotatable bonds is 3. The van der Waals surface area contributed by atoms with Gasteiger partial charge in [-0.25, -0.2) is 5.43 Å². The fourth-order valence-corrected chi connectivity index (χ4v) is 1.90. The lowest BCUT2D eigenvalue weighted by atomic mass is 10.2. The van der Waals surface area contributed by atoms with Crippen molar-refractivity contribution in [3.8, 4) is 0 Å². The summed E-state index contributed by atoms with van der Waals surface area (Å²) >= 11 is 0. The number of amides is 1. The number of benzene rings is 1. The third-order valence-electron chi connectivity index (χ3n) is 3.00. The molecule has 3 aromatic rings. The van der Waals surface area contributed by atoms with Gasteiger partial charge in [0.15, 0.2) is 5.76 Å². The highest BCUT2D eigenvalue weighted by Crippen LogP contribution is 2.19. The van der Waals surface area contributed by atoms with E-state index in [0.717, 1.165) is 11.0 Å². The minimum Gasteiger partial charge on any atom is -0.455 e. The summed E-state index contributed by atoms with van der Waals surface area (Å²) in [6.07, 6.45) is 1.56. The predicted molar refractivity (Wildman–Crippen MR) is 80.1 cm³/mol. The lowest BCUT2D eigenvalue weighted by Gasteiger charge is -1.99. The summed E-state index contributed by atoms with van der Waals surface area (Å²) in [5, 5.41) is 5.05. The standard InChI is InChI=1S/C16H13N3O2/c1-11(15-10-12-6-2-3-8-14(12)21-15)18-19-16(20)13-7-4-5-9-17-13/h2-10H,1H3,(H,19,20)/b18-11-. The molecule has 0 saturated carbocycles. The number of hydrogen-bond acceptors (Lipinski definition) is 4. The fourth-order valence-electron chi connectivity index (χ4n) is 1.90. The first-order chi connectivity index (χ1) is 10.2. The third-order valence-corrected chi connectivity index (χ3v) is 3.00. The molecule has 0 unspecified atom stereocenters. The van der Waals surface area contributed by atoms with Gasteiger partial charge in [-0.1, -0.05) is 24.3 Å². The van der Waals surface area contributed by atoms with Crippen molar-refractivity contribution in [2.24, 2.45) is 5.10 Å². The zero-order valence-corrected chi connectivity index (χ0v) is 11.4. The Morgan fingerprint density at radius 3 is 2.76 bits per heavy atom. The highest BCUT2D eigenvalue weighted by atomic mass is 16.3.